The summed E-state index contributed by atoms with van der Waals surface area (Å²) < 4.78 is 5.50. The molecule has 21 heavy (non-hydrogen) atoms. The predicted molar refractivity (Wildman–Crippen MR) is 81.0 cm³/mol. The molecule has 1 aromatic carbocycles. The summed E-state index contributed by atoms with van der Waals surface area (Å²) >= 11 is 0. The van der Waals surface area contributed by atoms with Crippen LogP contribution in [-0.2, 0) is 4.74 Å². The summed E-state index contributed by atoms with van der Waals surface area (Å²) in [6.45, 7) is 6.23. The van der Waals surface area contributed by atoms with Gasteiger partial charge in [0.1, 0.15) is 6.10 Å². The van der Waals surface area contributed by atoms with Crippen molar-refractivity contribution >= 4 is 11.8 Å². The van der Waals surface area contributed by atoms with Gasteiger partial charge in [0.15, 0.2) is 0 Å². The summed E-state index contributed by atoms with van der Waals surface area (Å²) in [5.41, 5.74) is 0.0172. The fourth-order valence-electron chi connectivity index (χ4n) is 3.77. The summed E-state index contributed by atoms with van der Waals surface area (Å²) in [5.74, 6) is 1.09. The lowest BCUT2D eigenvalue weighted by atomic mass is 9.84. The average Bonchev–Trinajstić information content (AvgIpc) is 2.90. The van der Waals surface area contributed by atoms with E-state index in [2.05, 4.69) is 19.2 Å². The minimum Gasteiger partial charge on any atom is -0.443 e. The second-order valence-electron chi connectivity index (χ2n) is 7.22. The monoisotopic (exact) mass is 289 g/mol. The Hall–Kier alpha value is -1.55. The van der Waals surface area contributed by atoms with Crippen molar-refractivity contribution in [2.45, 2.75) is 45.3 Å². The molecule has 0 bridgehead atoms. The van der Waals surface area contributed by atoms with Crippen molar-refractivity contribution in [3.8, 4) is 0 Å². The van der Waals surface area contributed by atoms with Gasteiger partial charge in [0.2, 0.25) is 0 Å². The lowest BCUT2D eigenvalue weighted by Crippen LogP contribution is -2.46. The van der Waals surface area contributed by atoms with Gasteiger partial charge < -0.3 is 9.84 Å². The molecule has 2 unspecified atom stereocenters. The number of amides is 1. The highest BCUT2D eigenvalue weighted by atomic mass is 16.6. The Balaban J connectivity index is 1.63. The number of ether oxygens (including phenoxy) is 1. The van der Waals surface area contributed by atoms with E-state index < -0.39 is 17.8 Å². The third-order valence-corrected chi connectivity index (χ3v) is 5.35. The van der Waals surface area contributed by atoms with Crippen LogP contribution in [0.4, 0.5) is 10.5 Å². The highest BCUT2D eigenvalue weighted by molar-refractivity contribution is 5.84. The standard InChI is InChI=1S/C17H23NO3/c1-16(2)12-9-14(17(3,20)10-13(12)16)21-15(19)18-11-7-5-4-6-8-11/h4-8,12-14,20H,9-10H2,1-3H3,(H,18,19)/t12?,13?,14-,17-/m0/s1. The first-order valence-corrected chi connectivity index (χ1v) is 7.56. The molecule has 0 aliphatic heterocycles. The van der Waals surface area contributed by atoms with Crippen LogP contribution in [0.15, 0.2) is 30.3 Å². The Morgan fingerprint density at radius 3 is 2.57 bits per heavy atom. The molecule has 3 rings (SSSR count). The number of hydrogen-bond acceptors (Lipinski definition) is 3. The fourth-order valence-corrected chi connectivity index (χ4v) is 3.77. The molecule has 114 valence electrons. The molecule has 4 atom stereocenters. The minimum atomic E-state index is -0.942. The van der Waals surface area contributed by atoms with Gasteiger partial charge in [-0.25, -0.2) is 4.79 Å². The molecule has 0 heterocycles. The van der Waals surface area contributed by atoms with Crippen LogP contribution in [0, 0.1) is 17.3 Å². The summed E-state index contributed by atoms with van der Waals surface area (Å²) in [4.78, 5) is 12.0. The van der Waals surface area contributed by atoms with E-state index in [1.807, 2.05) is 18.2 Å². The van der Waals surface area contributed by atoms with E-state index in [4.69, 9.17) is 4.74 Å². The topological polar surface area (TPSA) is 58.6 Å². The molecular weight excluding hydrogens is 266 g/mol. The van der Waals surface area contributed by atoms with Gasteiger partial charge in [-0.05, 0) is 49.1 Å². The number of anilines is 1. The van der Waals surface area contributed by atoms with Gasteiger partial charge in [0, 0.05) is 5.69 Å². The minimum absolute atomic E-state index is 0.262. The van der Waals surface area contributed by atoms with Crippen molar-refractivity contribution in [3.05, 3.63) is 30.3 Å². The maximum absolute atomic E-state index is 12.0. The smallest absolute Gasteiger partial charge is 0.411 e. The fraction of sp³-hybridized carbons (Fsp3) is 0.588. The average molecular weight is 289 g/mol. The molecule has 0 radical (unpaired) electrons. The van der Waals surface area contributed by atoms with Crippen molar-refractivity contribution in [2.24, 2.45) is 17.3 Å². The van der Waals surface area contributed by atoms with Crippen LogP contribution in [0.2, 0.25) is 0 Å². The van der Waals surface area contributed by atoms with Crippen LogP contribution < -0.4 is 5.32 Å². The van der Waals surface area contributed by atoms with E-state index in [0.717, 1.165) is 6.42 Å². The van der Waals surface area contributed by atoms with Gasteiger partial charge in [-0.15, -0.1) is 0 Å². The molecule has 4 nitrogen and oxygen atoms in total. The SMILES string of the molecule is CC1(C)C2C[C@H](OC(=O)Nc3ccccc3)[C@@](C)(O)CC21. The Morgan fingerprint density at radius 2 is 1.90 bits per heavy atom. The van der Waals surface area contributed by atoms with E-state index in [-0.39, 0.29) is 5.41 Å². The first-order valence-electron chi connectivity index (χ1n) is 7.56. The first-order chi connectivity index (χ1) is 9.80. The summed E-state index contributed by atoms with van der Waals surface area (Å²) in [6.07, 6.45) is 0.508. The van der Waals surface area contributed by atoms with Crippen LogP contribution in [0.5, 0.6) is 0 Å². The normalized spacial score (nSPS) is 36.5. The highest BCUT2D eigenvalue weighted by Crippen LogP contribution is 2.66. The number of benzene rings is 1. The third kappa shape index (κ3) is 2.64. The number of carbonyl (C=O) groups excluding carboxylic acids is 1. The van der Waals surface area contributed by atoms with Crippen LogP contribution in [0.25, 0.3) is 0 Å². The van der Waals surface area contributed by atoms with E-state index in [1.54, 1.807) is 19.1 Å². The zero-order chi connectivity index (χ0) is 15.3. The van der Waals surface area contributed by atoms with E-state index >= 15 is 0 Å². The number of carbonyl (C=O) groups is 1. The number of nitrogens with one attached hydrogen (secondary N) is 1. The van der Waals surface area contributed by atoms with Crippen molar-refractivity contribution in [3.63, 3.8) is 0 Å². The number of para-hydroxylation sites is 1. The van der Waals surface area contributed by atoms with Crippen molar-refractivity contribution < 1.29 is 14.6 Å². The Bertz CT molecular complexity index is 538. The van der Waals surface area contributed by atoms with Crippen LogP contribution in [-0.4, -0.2) is 22.9 Å². The lowest BCUT2D eigenvalue weighted by Gasteiger charge is -2.35. The predicted octanol–water partition coefficient (Wildman–Crippen LogP) is 3.42. The Labute approximate surface area is 125 Å². The molecule has 2 saturated carbocycles. The van der Waals surface area contributed by atoms with Crippen molar-refractivity contribution in [1.82, 2.24) is 0 Å². The second kappa shape index (κ2) is 4.73. The number of rotatable bonds is 2. The quantitative estimate of drug-likeness (QED) is 0.877. The second-order valence-corrected chi connectivity index (χ2v) is 7.22. The molecule has 2 aliphatic carbocycles. The van der Waals surface area contributed by atoms with E-state index in [1.165, 1.54) is 0 Å². The van der Waals surface area contributed by atoms with E-state index in [0.29, 0.717) is 23.9 Å². The molecule has 4 heteroatoms. The van der Waals surface area contributed by atoms with Gasteiger partial charge in [-0.1, -0.05) is 32.0 Å². The van der Waals surface area contributed by atoms with Crippen molar-refractivity contribution in [2.75, 3.05) is 5.32 Å². The summed E-state index contributed by atoms with van der Waals surface area (Å²) in [6, 6.07) is 9.20. The number of aliphatic hydroxyl groups is 1. The molecule has 1 amide bonds. The van der Waals surface area contributed by atoms with E-state index in [9.17, 15) is 9.90 Å². The maximum Gasteiger partial charge on any atom is 0.411 e. The molecule has 1 aromatic rings. The highest BCUT2D eigenvalue weighted by Gasteiger charge is 2.64. The molecule has 0 spiro atoms. The molecular formula is C17H23NO3. The Morgan fingerprint density at radius 1 is 1.24 bits per heavy atom. The Kier molecular flexibility index (Phi) is 3.24. The molecule has 2 N–H and O–H groups in total. The van der Waals surface area contributed by atoms with Gasteiger partial charge in [-0.2, -0.15) is 0 Å². The largest absolute Gasteiger partial charge is 0.443 e. The zero-order valence-electron chi connectivity index (χ0n) is 12.8. The van der Waals surface area contributed by atoms with Gasteiger partial charge in [0.05, 0.1) is 5.60 Å². The van der Waals surface area contributed by atoms with Crippen LogP contribution in [0.3, 0.4) is 0 Å². The van der Waals surface area contributed by atoms with Crippen LogP contribution in [0.1, 0.15) is 33.6 Å². The lowest BCUT2D eigenvalue weighted by molar-refractivity contribution is -0.0908. The van der Waals surface area contributed by atoms with Crippen molar-refractivity contribution in [1.29, 1.82) is 0 Å². The molecule has 2 aliphatic rings. The van der Waals surface area contributed by atoms with Gasteiger partial charge in [0.25, 0.3) is 0 Å². The maximum atomic E-state index is 12.0. The first kappa shape index (κ1) is 14.4. The van der Waals surface area contributed by atoms with Gasteiger partial charge >= 0.3 is 6.09 Å². The number of fused-ring (bicyclic) bond motifs is 1. The van der Waals surface area contributed by atoms with Gasteiger partial charge in [-0.3, -0.25) is 5.32 Å². The van der Waals surface area contributed by atoms with Crippen LogP contribution >= 0.6 is 0 Å². The molecule has 2 fully saturated rings. The summed E-state index contributed by atoms with van der Waals surface area (Å²) in [5, 5.41) is 13.3. The number of hydrogen-bond donors (Lipinski definition) is 2. The molecule has 0 saturated heterocycles. The zero-order valence-corrected chi connectivity index (χ0v) is 12.8. The molecule has 0 aromatic heterocycles. The summed E-state index contributed by atoms with van der Waals surface area (Å²) in [7, 11) is 0. The third-order valence-electron chi connectivity index (χ3n) is 5.35.